The molecular formula is C13H20N2. The number of nitrogens with zero attached hydrogens (tertiary/aromatic N) is 1. The number of likely N-dealkylation sites (tertiary alicyclic amines) is 1. The lowest BCUT2D eigenvalue weighted by Crippen LogP contribution is -2.30. The van der Waals surface area contributed by atoms with Crippen molar-refractivity contribution in [2.45, 2.75) is 38.8 Å². The zero-order valence-electron chi connectivity index (χ0n) is 9.61. The summed E-state index contributed by atoms with van der Waals surface area (Å²) in [5.74, 6) is 0. The van der Waals surface area contributed by atoms with Crippen molar-refractivity contribution in [1.29, 1.82) is 0 Å². The van der Waals surface area contributed by atoms with Crippen molar-refractivity contribution in [2.24, 2.45) is 0 Å². The van der Waals surface area contributed by atoms with E-state index in [9.17, 15) is 0 Å². The molecular weight excluding hydrogens is 184 g/mol. The van der Waals surface area contributed by atoms with E-state index in [1.165, 1.54) is 24.9 Å². The summed E-state index contributed by atoms with van der Waals surface area (Å²) in [7, 11) is 0. The molecule has 1 aromatic rings. The van der Waals surface area contributed by atoms with Gasteiger partial charge in [0.25, 0.3) is 0 Å². The van der Waals surface area contributed by atoms with Crippen LogP contribution in [-0.4, -0.2) is 17.5 Å². The summed E-state index contributed by atoms with van der Waals surface area (Å²) in [6, 6.07) is 9.53. The van der Waals surface area contributed by atoms with Gasteiger partial charge in [0, 0.05) is 17.8 Å². The lowest BCUT2D eigenvalue weighted by molar-refractivity contribution is 0.205. The van der Waals surface area contributed by atoms with Crippen LogP contribution in [0.3, 0.4) is 0 Å². The van der Waals surface area contributed by atoms with Gasteiger partial charge in [-0.3, -0.25) is 4.90 Å². The molecule has 2 nitrogen and oxygen atoms in total. The fraction of sp³-hybridized carbons (Fsp3) is 0.538. The predicted molar refractivity (Wildman–Crippen MR) is 64.7 cm³/mol. The Morgan fingerprint density at radius 3 is 2.87 bits per heavy atom. The van der Waals surface area contributed by atoms with E-state index in [0.29, 0.717) is 12.1 Å². The van der Waals surface area contributed by atoms with Crippen molar-refractivity contribution >= 4 is 5.69 Å². The van der Waals surface area contributed by atoms with Crippen LogP contribution in [0.2, 0.25) is 0 Å². The Morgan fingerprint density at radius 1 is 1.40 bits per heavy atom. The number of nitrogen functional groups attached to an aromatic ring is 1. The highest BCUT2D eigenvalue weighted by Crippen LogP contribution is 2.33. The Labute approximate surface area is 92.1 Å². The maximum absolute atomic E-state index is 5.83. The number of benzene rings is 1. The summed E-state index contributed by atoms with van der Waals surface area (Å²) < 4.78 is 0. The quantitative estimate of drug-likeness (QED) is 0.751. The predicted octanol–water partition coefficient (Wildman–Crippen LogP) is 2.81. The van der Waals surface area contributed by atoms with Crippen molar-refractivity contribution < 1.29 is 0 Å². The van der Waals surface area contributed by atoms with E-state index in [2.05, 4.69) is 36.9 Å². The highest BCUT2D eigenvalue weighted by Gasteiger charge is 2.27. The molecule has 2 rings (SSSR count). The number of hydrogen-bond donors (Lipinski definition) is 1. The van der Waals surface area contributed by atoms with Gasteiger partial charge in [0.2, 0.25) is 0 Å². The second-order valence-electron chi connectivity index (χ2n) is 4.66. The van der Waals surface area contributed by atoms with Gasteiger partial charge in [0.05, 0.1) is 0 Å². The largest absolute Gasteiger partial charge is 0.399 e. The van der Waals surface area contributed by atoms with Crippen LogP contribution in [0.15, 0.2) is 24.3 Å². The van der Waals surface area contributed by atoms with Crippen molar-refractivity contribution in [3.05, 3.63) is 29.8 Å². The molecule has 0 aromatic heterocycles. The highest BCUT2D eigenvalue weighted by atomic mass is 15.2. The number of rotatable bonds is 2. The standard InChI is InChI=1S/C13H20N2/c1-10(2)15-8-4-7-13(15)11-5-3-6-12(14)9-11/h3,5-6,9-10,13H,4,7-8,14H2,1-2H3. The van der Waals surface area contributed by atoms with Gasteiger partial charge in [-0.15, -0.1) is 0 Å². The molecule has 2 N–H and O–H groups in total. The molecule has 1 unspecified atom stereocenters. The molecule has 1 aliphatic rings. The SMILES string of the molecule is CC(C)N1CCCC1c1cccc(N)c1. The summed E-state index contributed by atoms with van der Waals surface area (Å²) in [6.45, 7) is 5.76. The summed E-state index contributed by atoms with van der Waals surface area (Å²) >= 11 is 0. The first-order valence-electron chi connectivity index (χ1n) is 5.79. The Morgan fingerprint density at radius 2 is 2.20 bits per heavy atom. The van der Waals surface area contributed by atoms with E-state index in [4.69, 9.17) is 5.73 Å². The molecule has 1 fully saturated rings. The Bertz CT molecular complexity index is 333. The van der Waals surface area contributed by atoms with Gasteiger partial charge >= 0.3 is 0 Å². The first-order chi connectivity index (χ1) is 7.18. The maximum Gasteiger partial charge on any atom is 0.0352 e. The van der Waals surface area contributed by atoms with E-state index in [-0.39, 0.29) is 0 Å². The van der Waals surface area contributed by atoms with Crippen LogP contribution in [0.1, 0.15) is 38.3 Å². The number of anilines is 1. The molecule has 0 saturated carbocycles. The Kier molecular flexibility index (Phi) is 2.96. The fourth-order valence-corrected chi connectivity index (χ4v) is 2.53. The summed E-state index contributed by atoms with van der Waals surface area (Å²) in [4.78, 5) is 2.56. The molecule has 0 bridgehead atoms. The zero-order chi connectivity index (χ0) is 10.8. The van der Waals surface area contributed by atoms with E-state index in [1.807, 2.05) is 6.07 Å². The molecule has 0 amide bonds. The topological polar surface area (TPSA) is 29.3 Å². The molecule has 0 radical (unpaired) electrons. The zero-order valence-corrected chi connectivity index (χ0v) is 9.61. The summed E-state index contributed by atoms with van der Waals surface area (Å²) in [6.07, 6.45) is 2.57. The molecule has 0 spiro atoms. The monoisotopic (exact) mass is 204 g/mol. The van der Waals surface area contributed by atoms with Crippen LogP contribution < -0.4 is 5.73 Å². The minimum Gasteiger partial charge on any atom is -0.399 e. The molecule has 1 aromatic carbocycles. The second kappa shape index (κ2) is 4.23. The Balaban J connectivity index is 2.22. The van der Waals surface area contributed by atoms with E-state index in [1.54, 1.807) is 0 Å². The minimum atomic E-state index is 0.577. The molecule has 0 aliphatic carbocycles. The van der Waals surface area contributed by atoms with Gasteiger partial charge in [-0.05, 0) is 50.9 Å². The second-order valence-corrected chi connectivity index (χ2v) is 4.66. The van der Waals surface area contributed by atoms with Gasteiger partial charge in [-0.2, -0.15) is 0 Å². The van der Waals surface area contributed by atoms with Crippen molar-refractivity contribution in [2.75, 3.05) is 12.3 Å². The highest BCUT2D eigenvalue weighted by molar-refractivity contribution is 5.41. The summed E-state index contributed by atoms with van der Waals surface area (Å²) in [5, 5.41) is 0. The third-order valence-electron chi connectivity index (χ3n) is 3.25. The molecule has 1 saturated heterocycles. The van der Waals surface area contributed by atoms with E-state index < -0.39 is 0 Å². The molecule has 1 aliphatic heterocycles. The summed E-state index contributed by atoms with van der Waals surface area (Å²) in [5.41, 5.74) is 8.08. The van der Waals surface area contributed by atoms with Gasteiger partial charge in [0.15, 0.2) is 0 Å². The average Bonchev–Trinajstić information content (AvgIpc) is 2.65. The normalized spacial score (nSPS) is 22.5. The van der Waals surface area contributed by atoms with E-state index in [0.717, 1.165) is 5.69 Å². The van der Waals surface area contributed by atoms with Crippen LogP contribution in [0.5, 0.6) is 0 Å². The van der Waals surface area contributed by atoms with Crippen LogP contribution in [0, 0.1) is 0 Å². The molecule has 15 heavy (non-hydrogen) atoms. The lowest BCUT2D eigenvalue weighted by atomic mass is 10.0. The van der Waals surface area contributed by atoms with Crippen molar-refractivity contribution in [3.8, 4) is 0 Å². The third-order valence-corrected chi connectivity index (χ3v) is 3.25. The van der Waals surface area contributed by atoms with Crippen molar-refractivity contribution in [1.82, 2.24) is 4.90 Å². The first kappa shape index (κ1) is 10.5. The van der Waals surface area contributed by atoms with Crippen LogP contribution in [0.25, 0.3) is 0 Å². The molecule has 1 heterocycles. The molecule has 2 heteroatoms. The lowest BCUT2D eigenvalue weighted by Gasteiger charge is -2.28. The van der Waals surface area contributed by atoms with Gasteiger partial charge < -0.3 is 5.73 Å². The van der Waals surface area contributed by atoms with Gasteiger partial charge in [-0.25, -0.2) is 0 Å². The number of hydrogen-bond acceptors (Lipinski definition) is 2. The first-order valence-corrected chi connectivity index (χ1v) is 5.79. The van der Waals surface area contributed by atoms with Crippen LogP contribution >= 0.6 is 0 Å². The minimum absolute atomic E-state index is 0.577. The van der Waals surface area contributed by atoms with Crippen molar-refractivity contribution in [3.63, 3.8) is 0 Å². The van der Waals surface area contributed by atoms with Gasteiger partial charge in [-0.1, -0.05) is 12.1 Å². The van der Waals surface area contributed by atoms with Gasteiger partial charge in [0.1, 0.15) is 0 Å². The maximum atomic E-state index is 5.83. The number of nitrogens with two attached hydrogens (primary N) is 1. The van der Waals surface area contributed by atoms with Crippen LogP contribution in [-0.2, 0) is 0 Å². The van der Waals surface area contributed by atoms with Crippen LogP contribution in [0.4, 0.5) is 5.69 Å². The Hall–Kier alpha value is -1.02. The molecule has 1 atom stereocenters. The average molecular weight is 204 g/mol. The third kappa shape index (κ3) is 2.15. The van der Waals surface area contributed by atoms with E-state index >= 15 is 0 Å². The fourth-order valence-electron chi connectivity index (χ4n) is 2.53. The smallest absolute Gasteiger partial charge is 0.0352 e. The molecule has 82 valence electrons.